The van der Waals surface area contributed by atoms with Gasteiger partial charge in [-0.25, -0.2) is 8.42 Å². The second kappa shape index (κ2) is 7.28. The molecule has 1 aromatic heterocycles. The van der Waals surface area contributed by atoms with Crippen LogP contribution in [0.2, 0.25) is 0 Å². The molecule has 1 aliphatic carbocycles. The number of rotatable bonds is 4. The Hall–Kier alpha value is -1.86. The number of sulfonamides is 1. The lowest BCUT2D eigenvalue weighted by molar-refractivity contribution is -0.116. The molecule has 1 saturated carbocycles. The average molecular weight is 405 g/mol. The van der Waals surface area contributed by atoms with E-state index in [0.717, 1.165) is 42.6 Å². The first-order chi connectivity index (χ1) is 13.0. The maximum atomic E-state index is 13.6. The molecule has 1 aliphatic heterocycles. The van der Waals surface area contributed by atoms with Gasteiger partial charge in [-0.3, -0.25) is 9.10 Å². The van der Waals surface area contributed by atoms with Crippen LogP contribution in [0.25, 0.3) is 0 Å². The Morgan fingerprint density at radius 2 is 1.96 bits per heavy atom. The predicted octanol–water partition coefficient (Wildman–Crippen LogP) is 4.19. The molecule has 1 aromatic carbocycles. The van der Waals surface area contributed by atoms with Gasteiger partial charge in [-0.2, -0.15) is 11.3 Å². The minimum Gasteiger partial charge on any atom is -0.312 e. The van der Waals surface area contributed by atoms with Crippen molar-refractivity contribution in [2.45, 2.75) is 56.4 Å². The first-order valence-electron chi connectivity index (χ1n) is 9.46. The third-order valence-electron chi connectivity index (χ3n) is 5.55. The molecule has 7 heteroatoms. The third kappa shape index (κ3) is 3.38. The van der Waals surface area contributed by atoms with Crippen molar-refractivity contribution in [2.24, 2.45) is 0 Å². The van der Waals surface area contributed by atoms with Gasteiger partial charge in [0.05, 0.1) is 10.6 Å². The fraction of sp³-hybridized carbons (Fsp3) is 0.450. The van der Waals surface area contributed by atoms with Gasteiger partial charge in [0.25, 0.3) is 10.0 Å². The summed E-state index contributed by atoms with van der Waals surface area (Å²) in [6, 6.07) is 7.10. The predicted molar refractivity (Wildman–Crippen MR) is 109 cm³/mol. The summed E-state index contributed by atoms with van der Waals surface area (Å²) in [5.74, 6) is -0.00791. The molecule has 0 spiro atoms. The van der Waals surface area contributed by atoms with Gasteiger partial charge in [0, 0.05) is 30.6 Å². The highest BCUT2D eigenvalue weighted by molar-refractivity contribution is 7.92. The average Bonchev–Trinajstić information content (AvgIpc) is 3.31. The lowest BCUT2D eigenvalue weighted by Gasteiger charge is -2.34. The van der Waals surface area contributed by atoms with Crippen molar-refractivity contribution in [3.63, 3.8) is 0 Å². The molecule has 27 heavy (non-hydrogen) atoms. The molecule has 5 nitrogen and oxygen atoms in total. The molecule has 1 fully saturated rings. The number of hydrogen-bond donors (Lipinski definition) is 0. The van der Waals surface area contributed by atoms with Crippen molar-refractivity contribution in [1.82, 2.24) is 0 Å². The molecule has 0 saturated heterocycles. The summed E-state index contributed by atoms with van der Waals surface area (Å²) < 4.78 is 28.8. The van der Waals surface area contributed by atoms with Crippen LogP contribution in [0.5, 0.6) is 0 Å². The molecule has 2 heterocycles. The highest BCUT2D eigenvalue weighted by Gasteiger charge is 2.34. The minimum absolute atomic E-state index is 0.00791. The Bertz CT molecular complexity index is 932. The van der Waals surface area contributed by atoms with Gasteiger partial charge in [-0.05, 0) is 54.5 Å². The molecule has 0 bridgehead atoms. The number of carbonyl (C=O) groups is 1. The van der Waals surface area contributed by atoms with E-state index in [0.29, 0.717) is 17.9 Å². The third-order valence-corrected chi connectivity index (χ3v) is 8.10. The quantitative estimate of drug-likeness (QED) is 0.768. The van der Waals surface area contributed by atoms with Crippen LogP contribution in [0.3, 0.4) is 0 Å². The second-order valence-corrected chi connectivity index (χ2v) is 9.88. The van der Waals surface area contributed by atoms with Crippen LogP contribution >= 0.6 is 11.3 Å². The standard InChI is InChI=1S/C20H24N2O3S2/c1-15(23)21-11-9-16-13-19(7-8-20(16)21)27(24,25)22(18-10-12-26-14-18)17-5-3-2-4-6-17/h7-8,10,12-14,17H,2-6,9,11H2,1H3. The van der Waals surface area contributed by atoms with Gasteiger partial charge in [-0.15, -0.1) is 0 Å². The normalized spacial score (nSPS) is 17.7. The van der Waals surface area contributed by atoms with Gasteiger partial charge in [0.15, 0.2) is 0 Å². The maximum absolute atomic E-state index is 13.6. The van der Waals surface area contributed by atoms with E-state index in [1.54, 1.807) is 34.3 Å². The topological polar surface area (TPSA) is 57.7 Å². The molecule has 144 valence electrons. The summed E-state index contributed by atoms with van der Waals surface area (Å²) in [6.45, 7) is 2.16. The molecule has 2 aromatic rings. The molecule has 1 amide bonds. The number of carbonyl (C=O) groups excluding carboxylic acids is 1. The summed E-state index contributed by atoms with van der Waals surface area (Å²) in [4.78, 5) is 13.8. The number of nitrogens with zero attached hydrogens (tertiary/aromatic N) is 2. The van der Waals surface area contributed by atoms with Gasteiger partial charge in [0.1, 0.15) is 0 Å². The Kier molecular flexibility index (Phi) is 4.99. The summed E-state index contributed by atoms with van der Waals surface area (Å²) in [6.07, 6.45) is 5.81. The summed E-state index contributed by atoms with van der Waals surface area (Å²) >= 11 is 1.52. The number of amides is 1. The second-order valence-electron chi connectivity index (χ2n) is 7.29. The largest absolute Gasteiger partial charge is 0.312 e. The molecule has 4 rings (SSSR count). The highest BCUT2D eigenvalue weighted by Crippen LogP contribution is 2.36. The van der Waals surface area contributed by atoms with Crippen LogP contribution in [0.15, 0.2) is 39.9 Å². The number of hydrogen-bond acceptors (Lipinski definition) is 4. The van der Waals surface area contributed by atoms with E-state index < -0.39 is 10.0 Å². The SMILES string of the molecule is CC(=O)N1CCc2cc(S(=O)(=O)N(c3ccsc3)C3CCCCC3)ccc21. The van der Waals surface area contributed by atoms with Crippen LogP contribution in [-0.2, 0) is 21.2 Å². The molecule has 0 N–H and O–H groups in total. The maximum Gasteiger partial charge on any atom is 0.264 e. The van der Waals surface area contributed by atoms with Gasteiger partial charge in [-0.1, -0.05) is 19.3 Å². The molecule has 0 radical (unpaired) electrons. The van der Waals surface area contributed by atoms with Gasteiger partial charge >= 0.3 is 0 Å². The van der Waals surface area contributed by atoms with Crippen LogP contribution in [0.4, 0.5) is 11.4 Å². The van der Waals surface area contributed by atoms with E-state index in [1.807, 2.05) is 16.8 Å². The van der Waals surface area contributed by atoms with Gasteiger partial charge < -0.3 is 4.90 Å². The van der Waals surface area contributed by atoms with Crippen LogP contribution in [-0.4, -0.2) is 26.9 Å². The summed E-state index contributed by atoms with van der Waals surface area (Å²) in [5.41, 5.74) is 2.53. The molecule has 0 unspecified atom stereocenters. The fourth-order valence-electron chi connectivity index (χ4n) is 4.22. The van der Waals surface area contributed by atoms with E-state index in [1.165, 1.54) is 17.8 Å². The van der Waals surface area contributed by atoms with Crippen molar-refractivity contribution >= 4 is 38.6 Å². The van der Waals surface area contributed by atoms with Crippen LogP contribution in [0, 0.1) is 0 Å². The van der Waals surface area contributed by atoms with Crippen molar-refractivity contribution in [3.8, 4) is 0 Å². The number of anilines is 2. The van der Waals surface area contributed by atoms with E-state index in [2.05, 4.69) is 0 Å². The Morgan fingerprint density at radius 3 is 2.63 bits per heavy atom. The number of thiophene rings is 1. The smallest absolute Gasteiger partial charge is 0.264 e. The van der Waals surface area contributed by atoms with Gasteiger partial charge in [0.2, 0.25) is 5.91 Å². The lowest BCUT2D eigenvalue weighted by atomic mass is 9.95. The molecule has 2 aliphatic rings. The van der Waals surface area contributed by atoms with Crippen molar-refractivity contribution in [2.75, 3.05) is 15.7 Å². The highest BCUT2D eigenvalue weighted by atomic mass is 32.2. The number of benzene rings is 1. The Morgan fingerprint density at radius 1 is 1.19 bits per heavy atom. The summed E-state index contributed by atoms with van der Waals surface area (Å²) in [7, 11) is -3.65. The minimum atomic E-state index is -3.65. The zero-order valence-electron chi connectivity index (χ0n) is 15.4. The fourth-order valence-corrected chi connectivity index (χ4v) is 6.67. The van der Waals surface area contributed by atoms with Crippen molar-refractivity contribution < 1.29 is 13.2 Å². The van der Waals surface area contributed by atoms with E-state index >= 15 is 0 Å². The first-order valence-corrected chi connectivity index (χ1v) is 11.8. The van der Waals surface area contributed by atoms with E-state index in [-0.39, 0.29) is 11.9 Å². The lowest BCUT2D eigenvalue weighted by Crippen LogP contribution is -2.41. The zero-order valence-corrected chi connectivity index (χ0v) is 17.1. The Balaban J connectivity index is 1.73. The zero-order chi connectivity index (χ0) is 19.0. The van der Waals surface area contributed by atoms with E-state index in [4.69, 9.17) is 0 Å². The van der Waals surface area contributed by atoms with Crippen LogP contribution < -0.4 is 9.21 Å². The van der Waals surface area contributed by atoms with Crippen molar-refractivity contribution in [3.05, 3.63) is 40.6 Å². The summed E-state index contributed by atoms with van der Waals surface area (Å²) in [5, 5.41) is 3.84. The monoisotopic (exact) mass is 404 g/mol. The molecular formula is C20H24N2O3S2. The first kappa shape index (κ1) is 18.5. The number of fused-ring (bicyclic) bond motifs is 1. The van der Waals surface area contributed by atoms with E-state index in [9.17, 15) is 13.2 Å². The van der Waals surface area contributed by atoms with Crippen molar-refractivity contribution in [1.29, 1.82) is 0 Å². The van der Waals surface area contributed by atoms with Crippen LogP contribution in [0.1, 0.15) is 44.6 Å². The Labute approximate surface area is 164 Å². The molecule has 0 atom stereocenters. The molecular weight excluding hydrogens is 380 g/mol.